The smallest absolute Gasteiger partial charge is 0.119 e. The third kappa shape index (κ3) is 3.01. The van der Waals surface area contributed by atoms with Crippen LogP contribution >= 0.6 is 0 Å². The lowest BCUT2D eigenvalue weighted by Gasteiger charge is -2.23. The van der Waals surface area contributed by atoms with Gasteiger partial charge in [-0.15, -0.1) is 0 Å². The fourth-order valence-corrected chi connectivity index (χ4v) is 3.18. The molecule has 0 radical (unpaired) electrons. The third-order valence-corrected chi connectivity index (χ3v) is 4.30. The average Bonchev–Trinajstić information content (AvgIpc) is 2.84. The first-order valence-corrected chi connectivity index (χ1v) is 7.93. The number of fused-ring (bicyclic) bond motifs is 1. The summed E-state index contributed by atoms with van der Waals surface area (Å²) in [6.45, 7) is 4.78. The van der Waals surface area contributed by atoms with Crippen molar-refractivity contribution in [3.63, 3.8) is 0 Å². The Kier molecular flexibility index (Phi) is 4.46. The van der Waals surface area contributed by atoms with Crippen LogP contribution in [0.1, 0.15) is 42.6 Å². The molecule has 0 spiro atoms. The summed E-state index contributed by atoms with van der Waals surface area (Å²) in [6, 6.07) is 16.5. The maximum absolute atomic E-state index is 10.4. The number of nitrogens with one attached hydrogen (secondary N) is 1. The molecule has 3 unspecified atom stereocenters. The number of hydrogen-bond acceptors (Lipinski definition) is 3. The van der Waals surface area contributed by atoms with Crippen molar-refractivity contribution in [1.29, 1.82) is 0 Å². The molecule has 0 aliphatic heterocycles. The Morgan fingerprint density at radius 1 is 1.23 bits per heavy atom. The van der Waals surface area contributed by atoms with Gasteiger partial charge < -0.3 is 15.2 Å². The van der Waals surface area contributed by atoms with E-state index >= 15 is 0 Å². The van der Waals surface area contributed by atoms with Gasteiger partial charge in [0.25, 0.3) is 0 Å². The largest absolute Gasteiger partial charge is 0.494 e. The summed E-state index contributed by atoms with van der Waals surface area (Å²) in [5, 5.41) is 13.9. The minimum Gasteiger partial charge on any atom is -0.494 e. The average molecular weight is 297 g/mol. The van der Waals surface area contributed by atoms with Crippen molar-refractivity contribution < 1.29 is 9.84 Å². The Morgan fingerprint density at radius 2 is 2.05 bits per heavy atom. The summed E-state index contributed by atoms with van der Waals surface area (Å²) in [4.78, 5) is 0. The molecule has 3 atom stereocenters. The first-order chi connectivity index (χ1) is 10.7. The minimum atomic E-state index is -0.366. The van der Waals surface area contributed by atoms with E-state index in [-0.39, 0.29) is 18.2 Å². The van der Waals surface area contributed by atoms with Crippen LogP contribution in [0.25, 0.3) is 0 Å². The van der Waals surface area contributed by atoms with E-state index in [4.69, 9.17) is 4.74 Å². The molecule has 2 N–H and O–H groups in total. The molecule has 1 aliphatic carbocycles. The minimum absolute atomic E-state index is 0.0121. The van der Waals surface area contributed by atoms with Crippen LogP contribution in [0.2, 0.25) is 0 Å². The molecule has 0 saturated heterocycles. The molecule has 0 bridgehead atoms. The second-order valence-corrected chi connectivity index (χ2v) is 5.84. The van der Waals surface area contributed by atoms with Gasteiger partial charge in [0.2, 0.25) is 0 Å². The predicted octanol–water partition coefficient (Wildman–Crippen LogP) is 3.39. The number of rotatable bonds is 5. The van der Waals surface area contributed by atoms with Gasteiger partial charge in [-0.1, -0.05) is 36.4 Å². The molecule has 3 heteroatoms. The van der Waals surface area contributed by atoms with Gasteiger partial charge in [0, 0.05) is 12.5 Å². The molecule has 3 nitrogen and oxygen atoms in total. The Bertz CT molecular complexity index is 641. The molecule has 22 heavy (non-hydrogen) atoms. The fourth-order valence-electron chi connectivity index (χ4n) is 3.18. The van der Waals surface area contributed by atoms with Crippen molar-refractivity contribution >= 4 is 0 Å². The van der Waals surface area contributed by atoms with Crippen molar-refractivity contribution in [1.82, 2.24) is 5.32 Å². The van der Waals surface area contributed by atoms with Crippen LogP contribution in [0.4, 0.5) is 0 Å². The lowest BCUT2D eigenvalue weighted by atomic mass is 10.0. The maximum atomic E-state index is 10.4. The zero-order valence-corrected chi connectivity index (χ0v) is 13.1. The van der Waals surface area contributed by atoms with Crippen molar-refractivity contribution in [3.05, 3.63) is 65.2 Å². The van der Waals surface area contributed by atoms with Crippen LogP contribution < -0.4 is 10.1 Å². The highest BCUT2D eigenvalue weighted by molar-refractivity contribution is 5.37. The van der Waals surface area contributed by atoms with E-state index in [1.165, 1.54) is 16.7 Å². The highest BCUT2D eigenvalue weighted by Gasteiger charge is 2.31. The van der Waals surface area contributed by atoms with Crippen molar-refractivity contribution in [2.75, 3.05) is 6.61 Å². The summed E-state index contributed by atoms with van der Waals surface area (Å²) >= 11 is 0. The predicted molar refractivity (Wildman–Crippen MR) is 88.1 cm³/mol. The third-order valence-electron chi connectivity index (χ3n) is 4.30. The Balaban J connectivity index is 1.77. The second kappa shape index (κ2) is 6.51. The Morgan fingerprint density at radius 3 is 2.86 bits per heavy atom. The molecular weight excluding hydrogens is 274 g/mol. The summed E-state index contributed by atoms with van der Waals surface area (Å²) in [5.74, 6) is 0.890. The maximum Gasteiger partial charge on any atom is 0.119 e. The number of benzene rings is 2. The van der Waals surface area contributed by atoms with Gasteiger partial charge in [-0.2, -0.15) is 0 Å². The first kappa shape index (κ1) is 15.1. The van der Waals surface area contributed by atoms with Gasteiger partial charge in [-0.05, 0) is 42.7 Å². The number of aliphatic hydroxyl groups is 1. The highest BCUT2D eigenvalue weighted by Crippen LogP contribution is 2.33. The molecule has 116 valence electrons. The quantitative estimate of drug-likeness (QED) is 0.889. The number of ether oxygens (including phenoxy) is 1. The van der Waals surface area contributed by atoms with E-state index in [0.717, 1.165) is 12.2 Å². The van der Waals surface area contributed by atoms with E-state index in [1.54, 1.807) is 0 Å². The van der Waals surface area contributed by atoms with E-state index in [9.17, 15) is 5.11 Å². The zero-order chi connectivity index (χ0) is 15.5. The van der Waals surface area contributed by atoms with Crippen LogP contribution in [0.3, 0.4) is 0 Å². The van der Waals surface area contributed by atoms with Crippen molar-refractivity contribution in [2.24, 2.45) is 0 Å². The van der Waals surface area contributed by atoms with Gasteiger partial charge in [0.1, 0.15) is 5.75 Å². The summed E-state index contributed by atoms with van der Waals surface area (Å²) < 4.78 is 5.57. The Hall–Kier alpha value is -1.84. The topological polar surface area (TPSA) is 41.5 Å². The normalized spacial score (nSPS) is 21.4. The summed E-state index contributed by atoms with van der Waals surface area (Å²) in [7, 11) is 0. The van der Waals surface area contributed by atoms with Crippen molar-refractivity contribution in [2.45, 2.75) is 38.5 Å². The van der Waals surface area contributed by atoms with Crippen molar-refractivity contribution in [3.8, 4) is 5.75 Å². The molecule has 0 aromatic heterocycles. The first-order valence-electron chi connectivity index (χ1n) is 7.93. The molecule has 1 aliphatic rings. The molecular formula is C19H23NO2. The lowest BCUT2D eigenvalue weighted by Crippen LogP contribution is -2.31. The SMILES string of the molecule is CCOc1cccc(C(C)NC2c3ccccc3CC2O)c1. The second-order valence-electron chi connectivity index (χ2n) is 5.84. The van der Waals surface area contributed by atoms with Crippen LogP contribution in [0.5, 0.6) is 5.75 Å². The van der Waals surface area contributed by atoms with E-state index in [2.05, 4.69) is 36.5 Å². The van der Waals surface area contributed by atoms with E-state index in [0.29, 0.717) is 6.61 Å². The molecule has 3 rings (SSSR count). The molecule has 2 aromatic carbocycles. The van der Waals surface area contributed by atoms with E-state index in [1.807, 2.05) is 31.2 Å². The van der Waals surface area contributed by atoms with Crippen LogP contribution in [-0.2, 0) is 6.42 Å². The zero-order valence-electron chi connectivity index (χ0n) is 13.1. The monoisotopic (exact) mass is 297 g/mol. The molecule has 2 aromatic rings. The molecule has 0 saturated carbocycles. The van der Waals surface area contributed by atoms with E-state index < -0.39 is 0 Å². The van der Waals surface area contributed by atoms with Gasteiger partial charge >= 0.3 is 0 Å². The lowest BCUT2D eigenvalue weighted by molar-refractivity contribution is 0.136. The van der Waals surface area contributed by atoms with Gasteiger partial charge in [-0.3, -0.25) is 0 Å². The summed E-state index contributed by atoms with van der Waals surface area (Å²) in [5.41, 5.74) is 3.62. The fraction of sp³-hybridized carbons (Fsp3) is 0.368. The highest BCUT2D eigenvalue weighted by atomic mass is 16.5. The van der Waals surface area contributed by atoms with Crippen LogP contribution in [-0.4, -0.2) is 17.8 Å². The van der Waals surface area contributed by atoms with Gasteiger partial charge in [0.05, 0.1) is 18.8 Å². The molecule has 0 heterocycles. The summed E-state index contributed by atoms with van der Waals surface area (Å²) in [6.07, 6.45) is 0.356. The number of hydrogen-bond donors (Lipinski definition) is 2. The standard InChI is InChI=1S/C19H23NO2/c1-3-22-16-9-6-8-14(11-16)13(2)20-19-17-10-5-4-7-15(17)12-18(19)21/h4-11,13,18-21H,3,12H2,1-2H3. The van der Waals surface area contributed by atoms with Gasteiger partial charge in [0.15, 0.2) is 0 Å². The van der Waals surface area contributed by atoms with Crippen LogP contribution in [0.15, 0.2) is 48.5 Å². The van der Waals surface area contributed by atoms with Crippen LogP contribution in [0, 0.1) is 0 Å². The number of aliphatic hydroxyl groups excluding tert-OH is 1. The molecule has 0 amide bonds. The Labute approximate surface area is 131 Å². The molecule has 0 fully saturated rings. The van der Waals surface area contributed by atoms with Gasteiger partial charge in [-0.25, -0.2) is 0 Å².